The van der Waals surface area contributed by atoms with Crippen LogP contribution in [0.4, 0.5) is 0 Å². The average molecular weight is 280 g/mol. The Morgan fingerprint density at radius 2 is 2.10 bits per heavy atom. The molecule has 1 aromatic rings. The Labute approximate surface area is 120 Å². The fraction of sp³-hybridized carbons (Fsp3) is 0.533. The molecule has 0 aliphatic heterocycles. The fourth-order valence-corrected chi connectivity index (χ4v) is 1.81. The van der Waals surface area contributed by atoms with Gasteiger partial charge in [0.1, 0.15) is 11.5 Å². The van der Waals surface area contributed by atoms with Crippen LogP contribution < -0.4 is 20.9 Å². The van der Waals surface area contributed by atoms with Crippen molar-refractivity contribution in [3.8, 4) is 11.5 Å². The average Bonchev–Trinajstić information content (AvgIpc) is 2.44. The number of carbonyl (C=O) groups excluding carboxylic acids is 1. The molecule has 0 radical (unpaired) electrons. The normalized spacial score (nSPS) is 11.9. The van der Waals surface area contributed by atoms with Gasteiger partial charge in [0.2, 0.25) is 0 Å². The van der Waals surface area contributed by atoms with Gasteiger partial charge in [-0.15, -0.1) is 0 Å². The second kappa shape index (κ2) is 8.43. The maximum atomic E-state index is 11.3. The summed E-state index contributed by atoms with van der Waals surface area (Å²) in [4.78, 5) is 11.3. The van der Waals surface area contributed by atoms with Crippen LogP contribution >= 0.6 is 0 Å². The molecule has 1 amide bonds. The molecular formula is C15H24N2O3. The number of hydrogen-bond donors (Lipinski definition) is 2. The molecule has 0 heterocycles. The van der Waals surface area contributed by atoms with Crippen LogP contribution in [0.25, 0.3) is 0 Å². The van der Waals surface area contributed by atoms with E-state index in [1.54, 1.807) is 6.07 Å². The predicted octanol–water partition coefficient (Wildman–Crippen LogP) is 1.62. The predicted molar refractivity (Wildman–Crippen MR) is 78.9 cm³/mol. The van der Waals surface area contributed by atoms with Crippen molar-refractivity contribution in [3.05, 3.63) is 23.8 Å². The van der Waals surface area contributed by atoms with Crippen molar-refractivity contribution in [1.82, 2.24) is 0 Å². The maximum Gasteiger partial charge on any atom is 0.258 e. The van der Waals surface area contributed by atoms with Crippen LogP contribution in [-0.4, -0.2) is 25.2 Å². The Kier molecular flexibility index (Phi) is 6.87. The first-order valence-electron chi connectivity index (χ1n) is 7.04. The van der Waals surface area contributed by atoms with E-state index in [0.717, 1.165) is 17.7 Å². The minimum atomic E-state index is -0.632. The first kappa shape index (κ1) is 16.3. The molecule has 0 aliphatic rings. The molecule has 1 atom stereocenters. The van der Waals surface area contributed by atoms with Gasteiger partial charge in [0.25, 0.3) is 5.91 Å². The van der Waals surface area contributed by atoms with E-state index >= 15 is 0 Å². The second-order valence-electron chi connectivity index (χ2n) is 4.57. The SMILES string of the molecule is CCCOc1ccc(CCN)c(OC(CC)C(N)=O)c1. The topological polar surface area (TPSA) is 87.6 Å². The molecule has 0 bridgehead atoms. The van der Waals surface area contributed by atoms with Crippen molar-refractivity contribution in [3.63, 3.8) is 0 Å². The number of primary amides is 1. The van der Waals surface area contributed by atoms with Gasteiger partial charge in [-0.1, -0.05) is 19.9 Å². The zero-order valence-corrected chi connectivity index (χ0v) is 12.2. The number of carbonyl (C=O) groups is 1. The quantitative estimate of drug-likeness (QED) is 0.719. The van der Waals surface area contributed by atoms with E-state index in [4.69, 9.17) is 20.9 Å². The molecule has 112 valence electrons. The lowest BCUT2D eigenvalue weighted by molar-refractivity contribution is -0.124. The van der Waals surface area contributed by atoms with Crippen molar-refractivity contribution < 1.29 is 14.3 Å². The first-order valence-corrected chi connectivity index (χ1v) is 7.04. The summed E-state index contributed by atoms with van der Waals surface area (Å²) in [6.07, 6.45) is 1.50. The third-order valence-corrected chi connectivity index (χ3v) is 2.88. The summed E-state index contributed by atoms with van der Waals surface area (Å²) in [5.74, 6) is 0.878. The highest BCUT2D eigenvalue weighted by Gasteiger charge is 2.17. The van der Waals surface area contributed by atoms with Gasteiger partial charge in [0, 0.05) is 6.07 Å². The fourth-order valence-electron chi connectivity index (χ4n) is 1.81. The zero-order valence-electron chi connectivity index (χ0n) is 12.2. The molecule has 1 unspecified atom stereocenters. The van der Waals surface area contributed by atoms with E-state index in [1.807, 2.05) is 26.0 Å². The molecule has 4 N–H and O–H groups in total. The van der Waals surface area contributed by atoms with Gasteiger partial charge in [0.15, 0.2) is 6.10 Å². The van der Waals surface area contributed by atoms with E-state index in [2.05, 4.69) is 0 Å². The van der Waals surface area contributed by atoms with Crippen molar-refractivity contribution in [2.45, 2.75) is 39.2 Å². The van der Waals surface area contributed by atoms with Crippen LogP contribution in [-0.2, 0) is 11.2 Å². The Bertz CT molecular complexity index is 435. The van der Waals surface area contributed by atoms with Crippen molar-refractivity contribution >= 4 is 5.91 Å². The number of benzene rings is 1. The molecule has 5 nitrogen and oxygen atoms in total. The Hall–Kier alpha value is -1.75. The summed E-state index contributed by atoms with van der Waals surface area (Å²) in [6.45, 7) is 5.05. The molecule has 0 fully saturated rings. The summed E-state index contributed by atoms with van der Waals surface area (Å²) in [7, 11) is 0. The van der Waals surface area contributed by atoms with E-state index < -0.39 is 12.0 Å². The van der Waals surface area contributed by atoms with Gasteiger partial charge in [-0.3, -0.25) is 4.79 Å². The first-order chi connectivity index (χ1) is 9.62. The zero-order chi connectivity index (χ0) is 15.0. The highest BCUT2D eigenvalue weighted by Crippen LogP contribution is 2.27. The monoisotopic (exact) mass is 280 g/mol. The number of hydrogen-bond acceptors (Lipinski definition) is 4. The number of ether oxygens (including phenoxy) is 2. The second-order valence-corrected chi connectivity index (χ2v) is 4.57. The number of rotatable bonds is 9. The highest BCUT2D eigenvalue weighted by molar-refractivity contribution is 5.79. The van der Waals surface area contributed by atoms with Crippen LogP contribution in [0.2, 0.25) is 0 Å². The largest absolute Gasteiger partial charge is 0.493 e. The summed E-state index contributed by atoms with van der Waals surface area (Å²) in [6, 6.07) is 5.60. The minimum absolute atomic E-state index is 0.467. The molecule has 5 heteroatoms. The van der Waals surface area contributed by atoms with Gasteiger partial charge < -0.3 is 20.9 Å². The lowest BCUT2D eigenvalue weighted by Crippen LogP contribution is -2.33. The summed E-state index contributed by atoms with van der Waals surface area (Å²) in [5, 5.41) is 0. The number of nitrogens with two attached hydrogens (primary N) is 2. The standard InChI is InChI=1S/C15H24N2O3/c1-3-9-19-12-6-5-11(7-8-16)14(10-12)20-13(4-2)15(17)18/h5-6,10,13H,3-4,7-9,16H2,1-2H3,(H2,17,18). The van der Waals surface area contributed by atoms with Gasteiger partial charge in [-0.25, -0.2) is 0 Å². The lowest BCUT2D eigenvalue weighted by Gasteiger charge is -2.18. The summed E-state index contributed by atoms with van der Waals surface area (Å²) in [5.41, 5.74) is 11.9. The van der Waals surface area contributed by atoms with E-state index in [1.165, 1.54) is 0 Å². The van der Waals surface area contributed by atoms with Crippen LogP contribution in [0, 0.1) is 0 Å². The lowest BCUT2D eigenvalue weighted by atomic mass is 10.1. The van der Waals surface area contributed by atoms with Gasteiger partial charge in [-0.2, -0.15) is 0 Å². The third-order valence-electron chi connectivity index (χ3n) is 2.88. The van der Waals surface area contributed by atoms with Crippen molar-refractivity contribution in [2.75, 3.05) is 13.2 Å². The molecule has 0 aromatic heterocycles. The summed E-state index contributed by atoms with van der Waals surface area (Å²) < 4.78 is 11.3. The van der Waals surface area contributed by atoms with Crippen molar-refractivity contribution in [2.24, 2.45) is 11.5 Å². The van der Waals surface area contributed by atoms with Crippen molar-refractivity contribution in [1.29, 1.82) is 0 Å². The summed E-state index contributed by atoms with van der Waals surface area (Å²) >= 11 is 0. The Morgan fingerprint density at radius 3 is 2.65 bits per heavy atom. The van der Waals surface area contributed by atoms with E-state index in [0.29, 0.717) is 31.7 Å². The Balaban J connectivity index is 2.95. The molecular weight excluding hydrogens is 256 g/mol. The molecule has 0 spiro atoms. The third kappa shape index (κ3) is 4.74. The molecule has 0 saturated carbocycles. The van der Waals surface area contributed by atoms with Gasteiger partial charge in [0.05, 0.1) is 6.61 Å². The van der Waals surface area contributed by atoms with Crippen LogP contribution in [0.5, 0.6) is 11.5 Å². The van der Waals surface area contributed by atoms with Gasteiger partial charge in [-0.05, 0) is 37.4 Å². The molecule has 0 aliphatic carbocycles. The molecule has 1 rings (SSSR count). The number of amides is 1. The van der Waals surface area contributed by atoms with Gasteiger partial charge >= 0.3 is 0 Å². The van der Waals surface area contributed by atoms with Crippen LogP contribution in [0.1, 0.15) is 32.3 Å². The smallest absolute Gasteiger partial charge is 0.258 e. The molecule has 1 aromatic carbocycles. The highest BCUT2D eigenvalue weighted by atomic mass is 16.5. The molecule has 0 saturated heterocycles. The maximum absolute atomic E-state index is 11.3. The Morgan fingerprint density at radius 1 is 1.35 bits per heavy atom. The van der Waals surface area contributed by atoms with Crippen LogP contribution in [0.15, 0.2) is 18.2 Å². The van der Waals surface area contributed by atoms with E-state index in [9.17, 15) is 4.79 Å². The minimum Gasteiger partial charge on any atom is -0.493 e. The van der Waals surface area contributed by atoms with E-state index in [-0.39, 0.29) is 0 Å². The van der Waals surface area contributed by atoms with Crippen LogP contribution in [0.3, 0.4) is 0 Å². The molecule has 20 heavy (non-hydrogen) atoms.